The molecule has 0 saturated carbocycles. The maximum absolute atomic E-state index is 14.5. The van der Waals surface area contributed by atoms with Crippen LogP contribution in [0.3, 0.4) is 0 Å². The van der Waals surface area contributed by atoms with E-state index in [1.165, 1.54) is 6.07 Å². The first kappa shape index (κ1) is 19.7. The summed E-state index contributed by atoms with van der Waals surface area (Å²) in [5.41, 5.74) is 2.94. The smallest absolute Gasteiger partial charge is 0.262 e. The van der Waals surface area contributed by atoms with Gasteiger partial charge in [-0.25, -0.2) is 9.37 Å². The van der Waals surface area contributed by atoms with Gasteiger partial charge in [-0.15, -0.1) is 11.3 Å². The Balaban J connectivity index is 1.21. The summed E-state index contributed by atoms with van der Waals surface area (Å²) in [4.78, 5) is 30.4. The Hall–Kier alpha value is -3.20. The van der Waals surface area contributed by atoms with Crippen LogP contribution in [-0.2, 0) is 4.79 Å². The van der Waals surface area contributed by atoms with E-state index in [9.17, 15) is 14.0 Å². The van der Waals surface area contributed by atoms with Crippen LogP contribution >= 0.6 is 11.3 Å². The second-order valence-electron chi connectivity index (χ2n) is 7.67. The number of fused-ring (bicyclic) bond motifs is 2. The number of amides is 2. The Bertz CT molecular complexity index is 1160. The van der Waals surface area contributed by atoms with Crippen LogP contribution in [0.2, 0.25) is 0 Å². The number of aromatic nitrogens is 1. The van der Waals surface area contributed by atoms with E-state index in [2.05, 4.69) is 10.3 Å². The first-order chi connectivity index (χ1) is 15.1. The van der Waals surface area contributed by atoms with E-state index in [4.69, 9.17) is 9.47 Å². The van der Waals surface area contributed by atoms with Crippen molar-refractivity contribution in [1.82, 2.24) is 9.88 Å². The van der Waals surface area contributed by atoms with Gasteiger partial charge in [0.1, 0.15) is 22.8 Å². The van der Waals surface area contributed by atoms with Crippen molar-refractivity contribution in [2.75, 3.05) is 31.6 Å². The molecule has 0 spiro atoms. The molecule has 1 saturated heterocycles. The summed E-state index contributed by atoms with van der Waals surface area (Å²) in [7, 11) is 0. The van der Waals surface area contributed by atoms with Gasteiger partial charge in [0.2, 0.25) is 0 Å². The molecule has 1 aromatic heterocycles. The second kappa shape index (κ2) is 8.14. The number of hydrogen-bond donors (Lipinski definition) is 1. The van der Waals surface area contributed by atoms with Crippen molar-refractivity contribution in [3.8, 4) is 11.5 Å². The average molecular weight is 441 g/mol. The van der Waals surface area contributed by atoms with E-state index in [1.807, 2.05) is 18.2 Å². The lowest BCUT2D eigenvalue weighted by atomic mass is 9.97. The molecule has 0 unspecified atom stereocenters. The van der Waals surface area contributed by atoms with Crippen LogP contribution < -0.4 is 14.8 Å². The number of ether oxygens (including phenoxy) is 2. The lowest BCUT2D eigenvalue weighted by molar-refractivity contribution is -0.118. The highest BCUT2D eigenvalue weighted by Gasteiger charge is 2.28. The SMILES string of the molecule is O=C1COc2cc(F)c(C(=O)N3CCC(COc4cccc5scnc45)CC3)cc2N1. The molecule has 9 heteroatoms. The fourth-order valence-electron chi connectivity index (χ4n) is 3.92. The normalized spacial score (nSPS) is 16.5. The van der Waals surface area contributed by atoms with E-state index in [0.29, 0.717) is 31.3 Å². The van der Waals surface area contributed by atoms with Crippen LogP contribution in [0.5, 0.6) is 11.5 Å². The maximum atomic E-state index is 14.5. The van der Waals surface area contributed by atoms with Gasteiger partial charge in [-0.2, -0.15) is 0 Å². The number of carbonyl (C=O) groups is 2. The molecule has 0 radical (unpaired) electrons. The highest BCUT2D eigenvalue weighted by molar-refractivity contribution is 7.16. The summed E-state index contributed by atoms with van der Waals surface area (Å²) >= 11 is 1.58. The Morgan fingerprint density at radius 2 is 2.16 bits per heavy atom. The molecule has 2 aliphatic heterocycles. The second-order valence-corrected chi connectivity index (χ2v) is 8.55. The lowest BCUT2D eigenvalue weighted by Crippen LogP contribution is -2.40. The highest BCUT2D eigenvalue weighted by atomic mass is 32.1. The van der Waals surface area contributed by atoms with E-state index in [0.717, 1.165) is 34.9 Å². The van der Waals surface area contributed by atoms with Crippen LogP contribution in [0.4, 0.5) is 10.1 Å². The summed E-state index contributed by atoms with van der Waals surface area (Å²) in [5, 5.41) is 2.61. The number of anilines is 1. The molecule has 0 aliphatic carbocycles. The third-order valence-corrected chi connectivity index (χ3v) is 6.43. The summed E-state index contributed by atoms with van der Waals surface area (Å²) in [6, 6.07) is 8.40. The molecule has 160 valence electrons. The molecule has 0 bridgehead atoms. The van der Waals surface area contributed by atoms with E-state index in [-0.39, 0.29) is 29.7 Å². The molecule has 5 rings (SSSR count). The first-order valence-corrected chi connectivity index (χ1v) is 11.0. The number of thiazole rings is 1. The molecule has 31 heavy (non-hydrogen) atoms. The molecule has 3 aromatic rings. The fraction of sp³-hybridized carbons (Fsp3) is 0.318. The molecular formula is C22H20FN3O4S. The summed E-state index contributed by atoms with van der Waals surface area (Å²) in [5.74, 6) is -0.0450. The number of carbonyl (C=O) groups excluding carboxylic acids is 2. The molecule has 7 nitrogen and oxygen atoms in total. The Kier molecular flexibility index (Phi) is 5.19. The van der Waals surface area contributed by atoms with Gasteiger partial charge in [-0.3, -0.25) is 9.59 Å². The molecule has 1 fully saturated rings. The number of rotatable bonds is 4. The zero-order valence-electron chi connectivity index (χ0n) is 16.6. The van der Waals surface area contributed by atoms with Gasteiger partial charge < -0.3 is 19.7 Å². The topological polar surface area (TPSA) is 80.8 Å². The zero-order valence-corrected chi connectivity index (χ0v) is 17.4. The van der Waals surface area contributed by atoms with Crippen molar-refractivity contribution in [2.45, 2.75) is 12.8 Å². The molecule has 2 aromatic carbocycles. The predicted molar refractivity (Wildman–Crippen MR) is 114 cm³/mol. The van der Waals surface area contributed by atoms with Gasteiger partial charge in [0, 0.05) is 19.2 Å². The van der Waals surface area contributed by atoms with Crippen LogP contribution in [0.25, 0.3) is 10.2 Å². The van der Waals surface area contributed by atoms with Crippen molar-refractivity contribution in [2.24, 2.45) is 5.92 Å². The standard InChI is InChI=1S/C22H20FN3O4S/c23-15-9-18-16(25-20(27)11-30-18)8-14(15)22(28)26-6-4-13(5-7-26)10-29-17-2-1-3-19-21(17)24-12-31-19/h1-3,8-9,12-13H,4-7,10-11H2,(H,25,27). The van der Waals surface area contributed by atoms with Gasteiger partial charge in [-0.1, -0.05) is 6.07 Å². The number of para-hydroxylation sites is 1. The van der Waals surface area contributed by atoms with Crippen LogP contribution in [0.1, 0.15) is 23.2 Å². The monoisotopic (exact) mass is 441 g/mol. The molecule has 1 N–H and O–H groups in total. The van der Waals surface area contributed by atoms with E-state index < -0.39 is 5.82 Å². The minimum atomic E-state index is -0.651. The summed E-state index contributed by atoms with van der Waals surface area (Å²) < 4.78 is 26.8. The predicted octanol–water partition coefficient (Wildman–Crippen LogP) is 3.70. The van der Waals surface area contributed by atoms with Crippen LogP contribution in [0, 0.1) is 11.7 Å². The number of hydrogen-bond acceptors (Lipinski definition) is 6. The lowest BCUT2D eigenvalue weighted by Gasteiger charge is -2.32. The number of likely N-dealkylation sites (tertiary alicyclic amines) is 1. The third-order valence-electron chi connectivity index (χ3n) is 5.63. The Morgan fingerprint density at radius 1 is 1.32 bits per heavy atom. The number of piperidine rings is 1. The minimum Gasteiger partial charge on any atom is -0.491 e. The van der Waals surface area contributed by atoms with Crippen LogP contribution in [0.15, 0.2) is 35.8 Å². The molecule has 3 heterocycles. The Morgan fingerprint density at radius 3 is 3.00 bits per heavy atom. The van der Waals surface area contributed by atoms with Gasteiger partial charge in [0.25, 0.3) is 11.8 Å². The minimum absolute atomic E-state index is 0.0607. The number of nitrogens with one attached hydrogen (secondary N) is 1. The fourth-order valence-corrected chi connectivity index (χ4v) is 4.62. The quantitative estimate of drug-likeness (QED) is 0.668. The van der Waals surface area contributed by atoms with Crippen molar-refractivity contribution in [3.05, 3.63) is 47.2 Å². The molecular weight excluding hydrogens is 421 g/mol. The summed E-state index contributed by atoms with van der Waals surface area (Å²) in [6.07, 6.45) is 1.54. The first-order valence-electron chi connectivity index (χ1n) is 10.1. The Labute approximate surface area is 181 Å². The van der Waals surface area contributed by atoms with Crippen LogP contribution in [-0.4, -0.2) is 48.0 Å². The van der Waals surface area contributed by atoms with E-state index >= 15 is 0 Å². The largest absolute Gasteiger partial charge is 0.491 e. The third kappa shape index (κ3) is 3.93. The molecule has 2 aliphatic rings. The number of nitrogens with zero attached hydrogens (tertiary/aromatic N) is 2. The molecule has 0 atom stereocenters. The maximum Gasteiger partial charge on any atom is 0.262 e. The van der Waals surface area contributed by atoms with Gasteiger partial charge in [0.05, 0.1) is 28.1 Å². The summed E-state index contributed by atoms with van der Waals surface area (Å²) in [6.45, 7) is 1.43. The average Bonchev–Trinajstić information content (AvgIpc) is 3.27. The molecule has 2 amide bonds. The van der Waals surface area contributed by atoms with E-state index in [1.54, 1.807) is 21.7 Å². The zero-order chi connectivity index (χ0) is 21.4. The number of benzene rings is 2. The van der Waals surface area contributed by atoms with Crippen molar-refractivity contribution >= 4 is 39.1 Å². The van der Waals surface area contributed by atoms with Gasteiger partial charge in [-0.05, 0) is 37.0 Å². The van der Waals surface area contributed by atoms with Crippen molar-refractivity contribution in [1.29, 1.82) is 0 Å². The van der Waals surface area contributed by atoms with Crippen molar-refractivity contribution in [3.63, 3.8) is 0 Å². The number of halogens is 1. The highest BCUT2D eigenvalue weighted by Crippen LogP contribution is 2.32. The van der Waals surface area contributed by atoms with Gasteiger partial charge in [0.15, 0.2) is 6.61 Å². The van der Waals surface area contributed by atoms with Crippen molar-refractivity contribution < 1.29 is 23.5 Å². The van der Waals surface area contributed by atoms with Gasteiger partial charge >= 0.3 is 0 Å².